The highest BCUT2D eigenvalue weighted by Gasteiger charge is 2.33. The highest BCUT2D eigenvalue weighted by Crippen LogP contribution is 2.44. The lowest BCUT2D eigenvalue weighted by Gasteiger charge is -2.31. The van der Waals surface area contributed by atoms with Crippen molar-refractivity contribution in [3.63, 3.8) is 0 Å². The number of allylic oxidation sites excluding steroid dienone is 2. The van der Waals surface area contributed by atoms with Crippen molar-refractivity contribution in [2.45, 2.75) is 19.9 Å². The monoisotopic (exact) mass is 520 g/mol. The van der Waals surface area contributed by atoms with E-state index >= 15 is 0 Å². The van der Waals surface area contributed by atoms with Gasteiger partial charge in [-0.2, -0.15) is 0 Å². The topological polar surface area (TPSA) is 51.3 Å². The maximum absolute atomic E-state index is 5.63. The number of anilines is 1. The average Bonchev–Trinajstić information content (AvgIpc) is 3.33. The summed E-state index contributed by atoms with van der Waals surface area (Å²) in [6.45, 7) is 4.19. The predicted octanol–water partition coefficient (Wildman–Crippen LogP) is 6.80. The second kappa shape index (κ2) is 9.84. The lowest BCUT2D eigenvalue weighted by atomic mass is 10.0. The van der Waals surface area contributed by atoms with Gasteiger partial charge in [0.25, 0.3) is 0 Å². The maximum Gasteiger partial charge on any atom is 0.196 e. The Balaban J connectivity index is 1.63. The van der Waals surface area contributed by atoms with Crippen LogP contribution in [0.4, 0.5) is 11.5 Å². The number of benzene rings is 3. The van der Waals surface area contributed by atoms with Crippen molar-refractivity contribution in [2.75, 3.05) is 19.1 Å². The van der Waals surface area contributed by atoms with Crippen LogP contribution in [-0.4, -0.2) is 24.6 Å². The van der Waals surface area contributed by atoms with Gasteiger partial charge in [-0.05, 0) is 68.0 Å². The molecule has 2 aliphatic heterocycles. The number of aliphatic imine (C=N–C) groups is 1. The zero-order valence-corrected chi connectivity index (χ0v) is 22.6. The van der Waals surface area contributed by atoms with E-state index in [1.165, 1.54) is 11.1 Å². The largest absolute Gasteiger partial charge is 0.493 e. The third-order valence-electron chi connectivity index (χ3n) is 6.68. The van der Waals surface area contributed by atoms with Gasteiger partial charge in [-0.25, -0.2) is 4.99 Å². The van der Waals surface area contributed by atoms with Gasteiger partial charge < -0.3 is 9.47 Å². The minimum absolute atomic E-state index is 0.226. The van der Waals surface area contributed by atoms with Crippen molar-refractivity contribution in [3.05, 3.63) is 118 Å². The van der Waals surface area contributed by atoms with Crippen molar-refractivity contribution in [1.29, 1.82) is 0 Å². The number of amidine groups is 1. The van der Waals surface area contributed by atoms with Crippen LogP contribution in [-0.2, 0) is 0 Å². The molecule has 6 nitrogen and oxygen atoms in total. The van der Waals surface area contributed by atoms with E-state index in [4.69, 9.17) is 19.5 Å². The molecule has 0 spiro atoms. The second-order valence-corrected chi connectivity index (χ2v) is 10.3. The highest BCUT2D eigenvalue weighted by molar-refractivity contribution is 7.10. The van der Waals surface area contributed by atoms with E-state index in [1.807, 2.05) is 30.4 Å². The van der Waals surface area contributed by atoms with E-state index in [0.29, 0.717) is 11.5 Å². The molecule has 0 saturated heterocycles. The minimum Gasteiger partial charge on any atom is -0.493 e. The molecule has 0 amide bonds. The number of nitrogens with zero attached hydrogens (tertiary/aromatic N) is 4. The Labute approximate surface area is 226 Å². The van der Waals surface area contributed by atoms with E-state index in [0.717, 1.165) is 38.3 Å². The molecule has 3 heterocycles. The molecule has 0 radical (unpaired) electrons. The third-order valence-corrected chi connectivity index (χ3v) is 7.76. The molecule has 0 saturated carbocycles. The molecule has 4 aromatic rings. The van der Waals surface area contributed by atoms with Gasteiger partial charge in [-0.15, -0.1) is 0 Å². The Kier molecular flexibility index (Phi) is 6.21. The first kappa shape index (κ1) is 24.0. The lowest BCUT2D eigenvalue weighted by molar-refractivity contribution is 0.354. The van der Waals surface area contributed by atoms with E-state index in [9.17, 15) is 0 Å². The van der Waals surface area contributed by atoms with Gasteiger partial charge in [0, 0.05) is 11.9 Å². The zero-order valence-electron chi connectivity index (χ0n) is 21.8. The number of hydrogen-bond acceptors (Lipinski definition) is 6. The molecule has 7 heteroatoms. The fourth-order valence-electron chi connectivity index (χ4n) is 4.68. The summed E-state index contributed by atoms with van der Waals surface area (Å²) in [5, 5.41) is 0. The number of aromatic nitrogens is 1. The van der Waals surface area contributed by atoms with Crippen LogP contribution in [0.1, 0.15) is 27.6 Å². The van der Waals surface area contributed by atoms with Crippen molar-refractivity contribution < 1.29 is 9.47 Å². The summed E-state index contributed by atoms with van der Waals surface area (Å²) in [7, 11) is 3.31. The number of rotatable bonds is 5. The molecule has 6 rings (SSSR count). The Morgan fingerprint density at radius 1 is 0.842 bits per heavy atom. The molecule has 0 fully saturated rings. The van der Waals surface area contributed by atoms with Gasteiger partial charge in [0.2, 0.25) is 0 Å². The second-order valence-electron chi connectivity index (χ2n) is 9.27. The summed E-state index contributed by atoms with van der Waals surface area (Å²) in [6, 6.07) is 22.7. The molecule has 1 atom stereocenters. The van der Waals surface area contributed by atoms with Gasteiger partial charge in [-0.1, -0.05) is 58.9 Å². The number of methoxy groups -OCH3 is 2. The molecule has 1 unspecified atom stereocenters. The molecule has 2 aliphatic rings. The van der Waals surface area contributed by atoms with Crippen molar-refractivity contribution in [1.82, 2.24) is 4.57 Å². The number of hydrogen-bond donors (Lipinski definition) is 0. The van der Waals surface area contributed by atoms with Gasteiger partial charge >= 0.3 is 0 Å². The molecule has 190 valence electrons. The number of thiazole rings is 1. The minimum atomic E-state index is -0.226. The molecule has 0 aliphatic carbocycles. The summed E-state index contributed by atoms with van der Waals surface area (Å²) in [6.07, 6.45) is 8.17. The number of aryl methyl sites for hydroxylation is 2. The number of fused-ring (bicyclic) bond motifs is 3. The molecular formula is C31H28N4O2S. The van der Waals surface area contributed by atoms with Crippen LogP contribution in [0.3, 0.4) is 0 Å². The smallest absolute Gasteiger partial charge is 0.196 e. The summed E-state index contributed by atoms with van der Waals surface area (Å²) >= 11 is 1.66. The standard InChI is InChI=1S/C31H28N4O2S/c1-20-8-13-23(14-9-20)32-31-35(24-15-10-21(2)11-16-24)30-29(38-31)28(33-27-7-5-6-18-34(27)30)22-12-17-25(36-3)26(19-22)37-4/h5-19,28H,1-4H3. The Morgan fingerprint density at radius 3 is 2.26 bits per heavy atom. The third kappa shape index (κ3) is 4.25. The summed E-state index contributed by atoms with van der Waals surface area (Å²) in [4.78, 5) is 14.5. The van der Waals surface area contributed by atoms with Crippen LogP contribution in [0.25, 0.3) is 5.69 Å². The molecule has 38 heavy (non-hydrogen) atoms. The van der Waals surface area contributed by atoms with Crippen LogP contribution in [0, 0.1) is 13.8 Å². The molecule has 1 aromatic heterocycles. The SMILES string of the molecule is COc1ccc(C2N=C3C=CC=CN3c3c2sc(=Nc2ccc(C)cc2)n3-c2ccc(C)cc2)cc1OC. The molecule has 0 bridgehead atoms. The molecular weight excluding hydrogens is 492 g/mol. The number of ether oxygens (including phenoxy) is 2. The molecule has 0 N–H and O–H groups in total. The lowest BCUT2D eigenvalue weighted by Crippen LogP contribution is -2.33. The zero-order chi connectivity index (χ0) is 26.2. The maximum atomic E-state index is 5.63. The van der Waals surface area contributed by atoms with E-state index < -0.39 is 0 Å². The van der Waals surface area contributed by atoms with E-state index in [-0.39, 0.29) is 6.04 Å². The average molecular weight is 521 g/mol. The van der Waals surface area contributed by atoms with Crippen molar-refractivity contribution in [3.8, 4) is 17.2 Å². The van der Waals surface area contributed by atoms with E-state index in [1.54, 1.807) is 25.6 Å². The van der Waals surface area contributed by atoms with Crippen molar-refractivity contribution in [2.24, 2.45) is 9.98 Å². The van der Waals surface area contributed by atoms with Crippen LogP contribution in [0.5, 0.6) is 11.5 Å². The van der Waals surface area contributed by atoms with Crippen LogP contribution >= 0.6 is 11.3 Å². The summed E-state index contributed by atoms with van der Waals surface area (Å²) in [5.74, 6) is 3.29. The Morgan fingerprint density at radius 2 is 1.55 bits per heavy atom. The van der Waals surface area contributed by atoms with Gasteiger partial charge in [0.1, 0.15) is 17.7 Å². The summed E-state index contributed by atoms with van der Waals surface area (Å²) < 4.78 is 13.4. The van der Waals surface area contributed by atoms with Crippen LogP contribution in [0.15, 0.2) is 101 Å². The van der Waals surface area contributed by atoms with Crippen LogP contribution < -0.4 is 19.2 Å². The normalized spacial score (nSPS) is 16.2. The highest BCUT2D eigenvalue weighted by atomic mass is 32.1. The van der Waals surface area contributed by atoms with E-state index in [2.05, 4.69) is 84.1 Å². The van der Waals surface area contributed by atoms with Gasteiger partial charge in [0.05, 0.1) is 24.8 Å². The van der Waals surface area contributed by atoms with Gasteiger partial charge in [0.15, 0.2) is 16.3 Å². The van der Waals surface area contributed by atoms with Crippen LogP contribution in [0.2, 0.25) is 0 Å². The first-order valence-electron chi connectivity index (χ1n) is 12.4. The first-order chi connectivity index (χ1) is 18.6. The fourth-order valence-corrected chi connectivity index (χ4v) is 5.89. The first-order valence-corrected chi connectivity index (χ1v) is 13.3. The summed E-state index contributed by atoms with van der Waals surface area (Å²) in [5.41, 5.74) is 5.40. The fraction of sp³-hybridized carbons (Fsp3) is 0.161. The quantitative estimate of drug-likeness (QED) is 0.291. The van der Waals surface area contributed by atoms with Crippen molar-refractivity contribution >= 4 is 28.7 Å². The predicted molar refractivity (Wildman–Crippen MR) is 154 cm³/mol. The Bertz CT molecular complexity index is 1660. The molecule has 3 aromatic carbocycles. The van der Waals surface area contributed by atoms with Gasteiger partial charge in [-0.3, -0.25) is 14.5 Å². The Hall–Kier alpha value is -4.36.